The summed E-state index contributed by atoms with van der Waals surface area (Å²) < 4.78 is 5.26. The van der Waals surface area contributed by atoms with E-state index in [2.05, 4.69) is 15.5 Å². The highest BCUT2D eigenvalue weighted by Crippen LogP contribution is 2.18. The Morgan fingerprint density at radius 2 is 2.00 bits per heavy atom. The molecule has 0 saturated heterocycles. The number of nitrogens with zero attached hydrogens (tertiary/aromatic N) is 2. The second-order valence-electron chi connectivity index (χ2n) is 5.61. The van der Waals surface area contributed by atoms with E-state index in [4.69, 9.17) is 4.52 Å². The van der Waals surface area contributed by atoms with Crippen molar-refractivity contribution in [2.24, 2.45) is 0 Å². The zero-order chi connectivity index (χ0) is 14.5. The fourth-order valence-corrected chi connectivity index (χ4v) is 2.78. The average Bonchev–Trinajstić information content (AvgIpc) is 2.95. The molecule has 5 heteroatoms. The van der Waals surface area contributed by atoms with E-state index in [1.165, 1.54) is 5.56 Å². The van der Waals surface area contributed by atoms with Gasteiger partial charge in [0.2, 0.25) is 5.89 Å². The second-order valence-corrected chi connectivity index (χ2v) is 5.61. The summed E-state index contributed by atoms with van der Waals surface area (Å²) in [6.07, 6.45) is 4.58. The summed E-state index contributed by atoms with van der Waals surface area (Å²) in [7, 11) is 0. The van der Waals surface area contributed by atoms with Crippen LogP contribution in [0.5, 0.6) is 0 Å². The minimum atomic E-state index is -0.259. The number of benzene rings is 1. The third-order valence-corrected chi connectivity index (χ3v) is 3.96. The average molecular weight is 287 g/mol. The van der Waals surface area contributed by atoms with Crippen LogP contribution in [0.1, 0.15) is 43.0 Å². The summed E-state index contributed by atoms with van der Waals surface area (Å²) in [4.78, 5) is 4.39. The lowest BCUT2D eigenvalue weighted by Crippen LogP contribution is -2.41. The van der Waals surface area contributed by atoms with E-state index < -0.39 is 0 Å². The Hall–Kier alpha value is -1.72. The highest BCUT2D eigenvalue weighted by atomic mass is 16.5. The molecule has 5 nitrogen and oxygen atoms in total. The standard InChI is InChI=1S/C16H21N3O2/c20-14-9-5-4-8-13(14)17-11-16-18-15(19-21-16)10-12-6-2-1-3-7-12/h1-3,6-7,13-14,17,20H,4-5,8-11H2. The van der Waals surface area contributed by atoms with Gasteiger partial charge in [-0.15, -0.1) is 0 Å². The second kappa shape index (κ2) is 6.83. The molecule has 0 radical (unpaired) electrons. The van der Waals surface area contributed by atoms with Crippen molar-refractivity contribution in [3.05, 3.63) is 47.6 Å². The quantitative estimate of drug-likeness (QED) is 0.880. The zero-order valence-corrected chi connectivity index (χ0v) is 12.0. The molecule has 0 bridgehead atoms. The Bertz CT molecular complexity index is 556. The Balaban J connectivity index is 1.53. The van der Waals surface area contributed by atoms with Crippen molar-refractivity contribution < 1.29 is 9.63 Å². The van der Waals surface area contributed by atoms with E-state index in [1.54, 1.807) is 0 Å². The molecule has 112 valence electrons. The Kier molecular flexibility index (Phi) is 4.62. The van der Waals surface area contributed by atoms with Crippen LogP contribution in [-0.2, 0) is 13.0 Å². The van der Waals surface area contributed by atoms with Gasteiger partial charge in [0.1, 0.15) is 0 Å². The van der Waals surface area contributed by atoms with Crippen LogP contribution in [0.3, 0.4) is 0 Å². The molecule has 2 N–H and O–H groups in total. The molecule has 0 spiro atoms. The van der Waals surface area contributed by atoms with Gasteiger partial charge in [0.05, 0.1) is 12.6 Å². The molecule has 1 aromatic carbocycles. The maximum absolute atomic E-state index is 9.92. The van der Waals surface area contributed by atoms with Gasteiger partial charge in [-0.05, 0) is 18.4 Å². The molecule has 1 saturated carbocycles. The predicted molar refractivity (Wildman–Crippen MR) is 78.6 cm³/mol. The predicted octanol–water partition coefficient (Wildman–Crippen LogP) is 2.05. The lowest BCUT2D eigenvalue weighted by atomic mass is 9.93. The van der Waals surface area contributed by atoms with E-state index in [1.807, 2.05) is 30.3 Å². The van der Waals surface area contributed by atoms with E-state index >= 15 is 0 Å². The molecule has 1 heterocycles. The summed E-state index contributed by atoms with van der Waals surface area (Å²) in [5.41, 5.74) is 1.17. The largest absolute Gasteiger partial charge is 0.392 e. The van der Waals surface area contributed by atoms with Crippen molar-refractivity contribution in [3.8, 4) is 0 Å². The maximum atomic E-state index is 9.92. The van der Waals surface area contributed by atoms with Gasteiger partial charge in [0, 0.05) is 12.5 Å². The third-order valence-electron chi connectivity index (χ3n) is 3.96. The van der Waals surface area contributed by atoms with Crippen LogP contribution in [0.2, 0.25) is 0 Å². The zero-order valence-electron chi connectivity index (χ0n) is 12.0. The number of rotatable bonds is 5. The van der Waals surface area contributed by atoms with Crippen molar-refractivity contribution in [2.75, 3.05) is 0 Å². The van der Waals surface area contributed by atoms with Crippen LogP contribution in [-0.4, -0.2) is 27.4 Å². The molecule has 1 aliphatic rings. The van der Waals surface area contributed by atoms with Crippen molar-refractivity contribution in [3.63, 3.8) is 0 Å². The fraction of sp³-hybridized carbons (Fsp3) is 0.500. The first-order valence-electron chi connectivity index (χ1n) is 7.58. The van der Waals surface area contributed by atoms with Crippen molar-refractivity contribution in [1.82, 2.24) is 15.5 Å². The van der Waals surface area contributed by atoms with Gasteiger partial charge in [-0.3, -0.25) is 0 Å². The van der Waals surface area contributed by atoms with Gasteiger partial charge in [-0.2, -0.15) is 4.98 Å². The van der Waals surface area contributed by atoms with Crippen LogP contribution < -0.4 is 5.32 Å². The third kappa shape index (κ3) is 3.89. The van der Waals surface area contributed by atoms with Gasteiger partial charge in [0.25, 0.3) is 0 Å². The first kappa shape index (κ1) is 14.2. The first-order chi connectivity index (χ1) is 10.3. The van der Waals surface area contributed by atoms with Crippen molar-refractivity contribution in [1.29, 1.82) is 0 Å². The molecular formula is C16H21N3O2. The monoisotopic (exact) mass is 287 g/mol. The van der Waals surface area contributed by atoms with Crippen LogP contribution in [0.4, 0.5) is 0 Å². The van der Waals surface area contributed by atoms with Crippen LogP contribution in [0, 0.1) is 0 Å². The molecule has 1 aromatic heterocycles. The number of aliphatic hydroxyl groups excluding tert-OH is 1. The smallest absolute Gasteiger partial charge is 0.240 e. The van der Waals surface area contributed by atoms with E-state index in [0.717, 1.165) is 25.7 Å². The van der Waals surface area contributed by atoms with Gasteiger partial charge in [-0.1, -0.05) is 48.3 Å². The Morgan fingerprint density at radius 3 is 2.81 bits per heavy atom. The van der Waals surface area contributed by atoms with Crippen LogP contribution in [0.15, 0.2) is 34.9 Å². The van der Waals surface area contributed by atoms with Crippen molar-refractivity contribution in [2.45, 2.75) is 50.8 Å². The van der Waals surface area contributed by atoms with E-state index in [9.17, 15) is 5.11 Å². The molecular weight excluding hydrogens is 266 g/mol. The Morgan fingerprint density at radius 1 is 1.19 bits per heavy atom. The van der Waals surface area contributed by atoms with Gasteiger partial charge < -0.3 is 14.9 Å². The topological polar surface area (TPSA) is 71.2 Å². The van der Waals surface area contributed by atoms with Gasteiger partial charge in [0.15, 0.2) is 5.82 Å². The highest BCUT2D eigenvalue weighted by molar-refractivity contribution is 5.18. The summed E-state index contributed by atoms with van der Waals surface area (Å²) >= 11 is 0. The molecule has 2 unspecified atom stereocenters. The molecule has 3 rings (SSSR count). The van der Waals surface area contributed by atoms with E-state index in [0.29, 0.717) is 24.7 Å². The van der Waals surface area contributed by atoms with Gasteiger partial charge in [-0.25, -0.2) is 0 Å². The summed E-state index contributed by atoms with van der Waals surface area (Å²) in [5.74, 6) is 1.28. The SMILES string of the molecule is OC1CCCCC1NCc1nc(Cc2ccccc2)no1. The lowest BCUT2D eigenvalue weighted by molar-refractivity contribution is 0.0887. The molecule has 2 atom stereocenters. The summed E-state index contributed by atoms with van der Waals surface area (Å²) in [6, 6.07) is 10.2. The molecule has 1 fully saturated rings. The minimum Gasteiger partial charge on any atom is -0.392 e. The number of hydrogen-bond acceptors (Lipinski definition) is 5. The maximum Gasteiger partial charge on any atom is 0.240 e. The van der Waals surface area contributed by atoms with Gasteiger partial charge >= 0.3 is 0 Å². The summed E-state index contributed by atoms with van der Waals surface area (Å²) in [5, 5.41) is 17.2. The van der Waals surface area contributed by atoms with Crippen LogP contribution in [0.25, 0.3) is 0 Å². The van der Waals surface area contributed by atoms with E-state index in [-0.39, 0.29) is 12.1 Å². The molecule has 2 aromatic rings. The lowest BCUT2D eigenvalue weighted by Gasteiger charge is -2.27. The molecule has 0 amide bonds. The number of aromatic nitrogens is 2. The van der Waals surface area contributed by atoms with Crippen LogP contribution >= 0.6 is 0 Å². The Labute approximate surface area is 124 Å². The summed E-state index contributed by atoms with van der Waals surface area (Å²) in [6.45, 7) is 0.517. The molecule has 21 heavy (non-hydrogen) atoms. The van der Waals surface area contributed by atoms with Crippen molar-refractivity contribution >= 4 is 0 Å². The highest BCUT2D eigenvalue weighted by Gasteiger charge is 2.22. The first-order valence-corrected chi connectivity index (χ1v) is 7.58. The number of hydrogen-bond donors (Lipinski definition) is 2. The normalized spacial score (nSPS) is 22.3. The molecule has 1 aliphatic carbocycles. The number of nitrogens with one attached hydrogen (secondary N) is 1. The minimum absolute atomic E-state index is 0.142. The number of aliphatic hydroxyl groups is 1. The molecule has 0 aliphatic heterocycles. The fourth-order valence-electron chi connectivity index (χ4n) is 2.78.